The van der Waals surface area contributed by atoms with Crippen molar-refractivity contribution in [1.82, 2.24) is 15.3 Å². The van der Waals surface area contributed by atoms with Crippen LogP contribution >= 0.6 is 0 Å². The maximum Gasteiger partial charge on any atom is 0.239 e. The van der Waals surface area contributed by atoms with Crippen molar-refractivity contribution in [3.8, 4) is 0 Å². The fourth-order valence-corrected chi connectivity index (χ4v) is 1.05. The molecule has 1 aromatic heterocycles. The fourth-order valence-electron chi connectivity index (χ4n) is 1.05. The molecule has 1 rings (SSSR count). The number of hydrogen-bond acceptors (Lipinski definition) is 4. The number of amides is 1. The summed E-state index contributed by atoms with van der Waals surface area (Å²) in [7, 11) is 0. The van der Waals surface area contributed by atoms with Crippen LogP contribution in [0, 0.1) is 6.92 Å². The number of hydrogen-bond donors (Lipinski definition) is 2. The highest BCUT2D eigenvalue weighted by atomic mass is 16.1. The lowest BCUT2D eigenvalue weighted by Crippen LogP contribution is -2.30. The van der Waals surface area contributed by atoms with Crippen LogP contribution in [0.4, 0.5) is 5.82 Å². The first-order chi connectivity index (χ1) is 7.22. The SMILES string of the molecule is CCCNC(=O)CNc1ccnc(C)n1. The van der Waals surface area contributed by atoms with Gasteiger partial charge in [-0.2, -0.15) is 0 Å². The van der Waals surface area contributed by atoms with Gasteiger partial charge in [-0.25, -0.2) is 9.97 Å². The van der Waals surface area contributed by atoms with Crippen LogP contribution in [-0.2, 0) is 4.79 Å². The first-order valence-corrected chi connectivity index (χ1v) is 5.02. The number of rotatable bonds is 5. The smallest absolute Gasteiger partial charge is 0.239 e. The topological polar surface area (TPSA) is 66.9 Å². The number of aromatic nitrogens is 2. The molecule has 0 unspecified atom stereocenters. The van der Waals surface area contributed by atoms with Crippen LogP contribution in [0.1, 0.15) is 19.2 Å². The lowest BCUT2D eigenvalue weighted by atomic mass is 10.4. The Morgan fingerprint density at radius 1 is 1.53 bits per heavy atom. The monoisotopic (exact) mass is 208 g/mol. The van der Waals surface area contributed by atoms with Gasteiger partial charge in [-0.15, -0.1) is 0 Å². The van der Waals surface area contributed by atoms with E-state index in [1.54, 1.807) is 12.3 Å². The lowest BCUT2D eigenvalue weighted by Gasteiger charge is -2.06. The predicted octanol–water partition coefficient (Wildman–Crippen LogP) is 0.723. The van der Waals surface area contributed by atoms with Gasteiger partial charge in [0.2, 0.25) is 5.91 Å². The molecule has 0 atom stereocenters. The second kappa shape index (κ2) is 5.95. The lowest BCUT2D eigenvalue weighted by molar-refractivity contribution is -0.119. The molecule has 0 spiro atoms. The minimum atomic E-state index is -0.0203. The molecule has 2 N–H and O–H groups in total. The van der Waals surface area contributed by atoms with E-state index in [1.807, 2.05) is 13.8 Å². The summed E-state index contributed by atoms with van der Waals surface area (Å²) in [6.45, 7) is 4.78. The number of nitrogens with zero attached hydrogens (tertiary/aromatic N) is 2. The van der Waals surface area contributed by atoms with Crippen LogP contribution in [-0.4, -0.2) is 29.0 Å². The van der Waals surface area contributed by atoms with E-state index in [2.05, 4.69) is 20.6 Å². The van der Waals surface area contributed by atoms with Gasteiger partial charge < -0.3 is 10.6 Å². The predicted molar refractivity (Wildman–Crippen MR) is 58.6 cm³/mol. The number of anilines is 1. The summed E-state index contributed by atoms with van der Waals surface area (Å²) < 4.78 is 0. The van der Waals surface area contributed by atoms with Gasteiger partial charge in [-0.3, -0.25) is 4.79 Å². The van der Waals surface area contributed by atoms with E-state index in [9.17, 15) is 4.79 Å². The molecule has 1 aromatic rings. The fraction of sp³-hybridized carbons (Fsp3) is 0.500. The average Bonchev–Trinajstić information content (AvgIpc) is 2.23. The van der Waals surface area contributed by atoms with Crippen molar-refractivity contribution in [3.63, 3.8) is 0 Å². The number of carbonyl (C=O) groups excluding carboxylic acids is 1. The summed E-state index contributed by atoms with van der Waals surface area (Å²) in [6.07, 6.45) is 2.60. The molecule has 5 heteroatoms. The minimum absolute atomic E-state index is 0.0203. The first-order valence-electron chi connectivity index (χ1n) is 5.02. The van der Waals surface area contributed by atoms with Gasteiger partial charge in [-0.1, -0.05) is 6.92 Å². The van der Waals surface area contributed by atoms with Crippen molar-refractivity contribution < 1.29 is 4.79 Å². The zero-order valence-corrected chi connectivity index (χ0v) is 9.08. The Bertz CT molecular complexity index is 327. The molecule has 0 radical (unpaired) electrons. The molecular weight excluding hydrogens is 192 g/mol. The van der Waals surface area contributed by atoms with Gasteiger partial charge in [0, 0.05) is 12.7 Å². The molecule has 0 saturated carbocycles. The van der Waals surface area contributed by atoms with Crippen LogP contribution in [0.2, 0.25) is 0 Å². The van der Waals surface area contributed by atoms with Gasteiger partial charge in [0.1, 0.15) is 11.6 Å². The largest absolute Gasteiger partial charge is 0.361 e. The van der Waals surface area contributed by atoms with Crippen LogP contribution in [0.3, 0.4) is 0 Å². The van der Waals surface area contributed by atoms with E-state index in [-0.39, 0.29) is 12.5 Å². The first kappa shape index (κ1) is 11.4. The Labute approximate surface area is 89.3 Å². The van der Waals surface area contributed by atoms with Gasteiger partial charge in [0.25, 0.3) is 0 Å². The molecule has 0 aliphatic carbocycles. The van der Waals surface area contributed by atoms with Gasteiger partial charge >= 0.3 is 0 Å². The molecular formula is C10H16N4O. The van der Waals surface area contributed by atoms with Crippen molar-refractivity contribution >= 4 is 11.7 Å². The Morgan fingerprint density at radius 2 is 2.33 bits per heavy atom. The molecule has 15 heavy (non-hydrogen) atoms. The molecule has 82 valence electrons. The molecule has 0 aromatic carbocycles. The van der Waals surface area contributed by atoms with E-state index in [0.29, 0.717) is 18.2 Å². The molecule has 0 bridgehead atoms. The second-order valence-electron chi connectivity index (χ2n) is 3.19. The minimum Gasteiger partial charge on any atom is -0.361 e. The third-order valence-corrected chi connectivity index (χ3v) is 1.78. The Morgan fingerprint density at radius 3 is 3.00 bits per heavy atom. The zero-order valence-electron chi connectivity index (χ0n) is 9.08. The van der Waals surface area contributed by atoms with Crippen molar-refractivity contribution in [2.45, 2.75) is 20.3 Å². The van der Waals surface area contributed by atoms with Crippen molar-refractivity contribution in [2.75, 3.05) is 18.4 Å². The van der Waals surface area contributed by atoms with Crippen LogP contribution < -0.4 is 10.6 Å². The maximum absolute atomic E-state index is 11.2. The Kier molecular flexibility index (Phi) is 4.53. The van der Waals surface area contributed by atoms with Crippen molar-refractivity contribution in [3.05, 3.63) is 18.1 Å². The number of carbonyl (C=O) groups is 1. The summed E-state index contributed by atoms with van der Waals surface area (Å²) in [4.78, 5) is 19.3. The van der Waals surface area contributed by atoms with Crippen LogP contribution in [0.5, 0.6) is 0 Å². The van der Waals surface area contributed by atoms with Crippen LogP contribution in [0.15, 0.2) is 12.3 Å². The number of aryl methyl sites for hydroxylation is 1. The molecule has 0 saturated heterocycles. The van der Waals surface area contributed by atoms with Crippen LogP contribution in [0.25, 0.3) is 0 Å². The van der Waals surface area contributed by atoms with E-state index >= 15 is 0 Å². The normalized spacial score (nSPS) is 9.73. The standard InChI is InChI=1S/C10H16N4O/c1-3-5-12-10(15)7-13-9-4-6-11-8(2)14-9/h4,6H,3,5,7H2,1-2H3,(H,12,15)(H,11,13,14). The number of nitrogens with one attached hydrogen (secondary N) is 2. The zero-order chi connectivity index (χ0) is 11.1. The summed E-state index contributed by atoms with van der Waals surface area (Å²) in [5.41, 5.74) is 0. The third-order valence-electron chi connectivity index (χ3n) is 1.78. The summed E-state index contributed by atoms with van der Waals surface area (Å²) in [6, 6.07) is 1.74. The van der Waals surface area contributed by atoms with Crippen molar-refractivity contribution in [2.24, 2.45) is 0 Å². The van der Waals surface area contributed by atoms with Gasteiger partial charge in [-0.05, 0) is 19.4 Å². The molecule has 0 fully saturated rings. The molecule has 0 aliphatic heterocycles. The third kappa shape index (κ3) is 4.39. The van der Waals surface area contributed by atoms with E-state index in [0.717, 1.165) is 6.42 Å². The van der Waals surface area contributed by atoms with Crippen molar-refractivity contribution in [1.29, 1.82) is 0 Å². The highest BCUT2D eigenvalue weighted by Gasteiger charge is 2.00. The summed E-state index contributed by atoms with van der Waals surface area (Å²) in [5, 5.41) is 5.70. The molecule has 1 heterocycles. The highest BCUT2D eigenvalue weighted by molar-refractivity contribution is 5.80. The van der Waals surface area contributed by atoms with Gasteiger partial charge in [0.05, 0.1) is 6.54 Å². The molecule has 1 amide bonds. The van der Waals surface area contributed by atoms with E-state index < -0.39 is 0 Å². The van der Waals surface area contributed by atoms with E-state index in [1.165, 1.54) is 0 Å². The molecule has 0 aliphatic rings. The molecule has 5 nitrogen and oxygen atoms in total. The average molecular weight is 208 g/mol. The Balaban J connectivity index is 2.33. The summed E-state index contributed by atoms with van der Waals surface area (Å²) >= 11 is 0. The van der Waals surface area contributed by atoms with E-state index in [4.69, 9.17) is 0 Å². The second-order valence-corrected chi connectivity index (χ2v) is 3.19. The quantitative estimate of drug-likeness (QED) is 0.748. The van der Waals surface area contributed by atoms with Gasteiger partial charge in [0.15, 0.2) is 0 Å². The summed E-state index contributed by atoms with van der Waals surface area (Å²) in [5.74, 6) is 1.34. The maximum atomic E-state index is 11.2. The Hall–Kier alpha value is -1.65. The highest BCUT2D eigenvalue weighted by Crippen LogP contribution is 1.99.